The fraction of sp³-hybridized carbons (Fsp3) is 0.286. The Bertz CT molecular complexity index is 265. The van der Waals surface area contributed by atoms with Gasteiger partial charge in [-0.05, 0) is 34.3 Å². The first kappa shape index (κ1) is 9.84. The molecule has 1 rings (SSSR count). The Labute approximate surface area is 92.3 Å². The van der Waals surface area contributed by atoms with Crippen LogP contribution in [0.5, 0.6) is 0 Å². The Balaban J connectivity index is 2.93. The molecule has 0 spiro atoms. The molecule has 0 bridgehead atoms. The third-order valence-electron chi connectivity index (χ3n) is 1.20. The van der Waals surface area contributed by atoms with Crippen LogP contribution in [0.25, 0.3) is 0 Å². The average molecular weight is 314 g/mol. The molecule has 1 atom stereocenters. The highest BCUT2D eigenvalue weighted by Crippen LogP contribution is 2.26. The van der Waals surface area contributed by atoms with Gasteiger partial charge in [0.05, 0.1) is 4.88 Å². The number of alkyl halides is 1. The minimum absolute atomic E-state index is 0.271. The zero-order valence-corrected chi connectivity index (χ0v) is 10.6. The van der Waals surface area contributed by atoms with E-state index in [1.165, 1.54) is 0 Å². The van der Waals surface area contributed by atoms with Crippen molar-refractivity contribution < 1.29 is 0 Å². The van der Waals surface area contributed by atoms with E-state index in [2.05, 4.69) is 31.9 Å². The Morgan fingerprint density at radius 3 is 2.73 bits per heavy atom. The summed E-state index contributed by atoms with van der Waals surface area (Å²) >= 11 is 13.8. The third kappa shape index (κ3) is 2.34. The lowest BCUT2D eigenvalue weighted by Crippen LogP contribution is -2.06. The van der Waals surface area contributed by atoms with Crippen LogP contribution in [0, 0.1) is 0 Å². The molecule has 0 aliphatic carbocycles. The summed E-state index contributed by atoms with van der Waals surface area (Å²) in [7, 11) is 0. The van der Waals surface area contributed by atoms with Crippen molar-refractivity contribution in [2.75, 3.05) is 0 Å². The van der Waals surface area contributed by atoms with Gasteiger partial charge >= 0.3 is 0 Å². The summed E-state index contributed by atoms with van der Waals surface area (Å²) in [6.45, 7) is 2.04. The second-order valence-corrected chi connectivity index (χ2v) is 5.66. The van der Waals surface area contributed by atoms with Gasteiger partial charge in [-0.3, -0.25) is 0 Å². The molecule has 60 valence electrons. The quantitative estimate of drug-likeness (QED) is 0.451. The number of hydrogen-bond acceptors (Lipinski definition) is 2. The summed E-state index contributed by atoms with van der Waals surface area (Å²) < 4.78 is 1.10. The largest absolute Gasteiger partial charge is 0.142 e. The van der Waals surface area contributed by atoms with Gasteiger partial charge in [-0.2, -0.15) is 0 Å². The molecule has 0 saturated carbocycles. The lowest BCUT2D eigenvalue weighted by Gasteiger charge is -2.02. The first-order valence-corrected chi connectivity index (χ1v) is 6.04. The number of thiocarbonyl (C=S) groups is 1. The minimum Gasteiger partial charge on any atom is -0.142 e. The predicted molar refractivity (Wildman–Crippen MR) is 62.1 cm³/mol. The first-order valence-electron chi connectivity index (χ1n) is 3.04. The van der Waals surface area contributed by atoms with Crippen molar-refractivity contribution in [2.45, 2.75) is 11.8 Å². The summed E-state index contributed by atoms with van der Waals surface area (Å²) in [4.78, 5) is 2.39. The van der Waals surface area contributed by atoms with Gasteiger partial charge in [-0.15, -0.1) is 11.3 Å². The van der Waals surface area contributed by atoms with Gasteiger partial charge in [0.25, 0.3) is 0 Å². The molecule has 0 aromatic carbocycles. The van der Waals surface area contributed by atoms with Crippen molar-refractivity contribution in [2.24, 2.45) is 0 Å². The van der Waals surface area contributed by atoms with E-state index in [4.69, 9.17) is 12.2 Å². The maximum atomic E-state index is 5.22. The lowest BCUT2D eigenvalue weighted by atomic mass is 10.3. The van der Waals surface area contributed by atoms with Crippen LogP contribution >= 0.6 is 55.4 Å². The van der Waals surface area contributed by atoms with E-state index in [0.717, 1.165) is 14.2 Å². The smallest absolute Gasteiger partial charge is 0.0563 e. The highest BCUT2D eigenvalue weighted by Gasteiger charge is 2.11. The molecule has 0 saturated heterocycles. The highest BCUT2D eigenvalue weighted by molar-refractivity contribution is 9.10. The van der Waals surface area contributed by atoms with Crippen molar-refractivity contribution in [3.05, 3.63) is 20.8 Å². The molecular formula is C7H6Br2S2. The van der Waals surface area contributed by atoms with Crippen LogP contribution in [0.1, 0.15) is 11.8 Å². The van der Waals surface area contributed by atoms with Crippen molar-refractivity contribution in [3.8, 4) is 0 Å². The highest BCUT2D eigenvalue weighted by atomic mass is 79.9. The zero-order valence-electron chi connectivity index (χ0n) is 5.80. The van der Waals surface area contributed by atoms with Gasteiger partial charge in [0.15, 0.2) is 0 Å². The topological polar surface area (TPSA) is 0 Å². The standard InChI is InChI=1S/C7H6Br2S2/c1-4(8)6(10)7-5(9)2-3-11-7/h2-4H,1H3. The summed E-state index contributed by atoms with van der Waals surface area (Å²) in [5, 5.41) is 2.03. The molecule has 1 aromatic heterocycles. The number of rotatable bonds is 2. The van der Waals surface area contributed by atoms with Crippen molar-refractivity contribution in [1.29, 1.82) is 0 Å². The maximum Gasteiger partial charge on any atom is 0.0563 e. The van der Waals surface area contributed by atoms with Crippen LogP contribution in [0.4, 0.5) is 0 Å². The van der Waals surface area contributed by atoms with Crippen molar-refractivity contribution in [1.82, 2.24) is 0 Å². The van der Waals surface area contributed by atoms with E-state index in [9.17, 15) is 0 Å². The normalized spacial score (nSPS) is 13.0. The lowest BCUT2D eigenvalue weighted by molar-refractivity contribution is 1.37. The molecule has 0 fully saturated rings. The number of halogens is 2. The number of thiophene rings is 1. The molecule has 0 nitrogen and oxygen atoms in total. The zero-order chi connectivity index (χ0) is 8.43. The van der Waals surface area contributed by atoms with Crippen LogP contribution in [-0.4, -0.2) is 9.69 Å². The van der Waals surface area contributed by atoms with Crippen LogP contribution in [0.2, 0.25) is 0 Å². The molecule has 0 aliphatic rings. The maximum absolute atomic E-state index is 5.22. The molecule has 4 heteroatoms. The van der Waals surface area contributed by atoms with E-state index in [1.807, 2.05) is 18.4 Å². The van der Waals surface area contributed by atoms with E-state index in [-0.39, 0.29) is 4.83 Å². The molecular weight excluding hydrogens is 308 g/mol. The number of hydrogen-bond donors (Lipinski definition) is 0. The van der Waals surface area contributed by atoms with Gasteiger partial charge in [0.1, 0.15) is 0 Å². The van der Waals surface area contributed by atoms with Crippen molar-refractivity contribution in [3.63, 3.8) is 0 Å². The van der Waals surface area contributed by atoms with E-state index >= 15 is 0 Å². The second-order valence-electron chi connectivity index (χ2n) is 2.08. The van der Waals surface area contributed by atoms with Gasteiger partial charge in [-0.25, -0.2) is 0 Å². The Kier molecular flexibility index (Phi) is 3.68. The molecule has 0 radical (unpaired) electrons. The molecule has 1 unspecified atom stereocenters. The fourth-order valence-corrected chi connectivity index (χ4v) is 3.03. The molecule has 0 N–H and O–H groups in total. The van der Waals surface area contributed by atoms with Crippen LogP contribution < -0.4 is 0 Å². The summed E-state index contributed by atoms with van der Waals surface area (Å²) in [5.74, 6) is 0. The van der Waals surface area contributed by atoms with Gasteiger partial charge < -0.3 is 0 Å². The monoisotopic (exact) mass is 312 g/mol. The van der Waals surface area contributed by atoms with Gasteiger partial charge in [0, 0.05) is 14.2 Å². The molecule has 1 heterocycles. The molecule has 0 aliphatic heterocycles. The van der Waals surface area contributed by atoms with E-state index < -0.39 is 0 Å². The van der Waals surface area contributed by atoms with Gasteiger partial charge in [-0.1, -0.05) is 28.1 Å². The van der Waals surface area contributed by atoms with Crippen LogP contribution in [0.3, 0.4) is 0 Å². The first-order chi connectivity index (χ1) is 5.13. The van der Waals surface area contributed by atoms with Gasteiger partial charge in [0.2, 0.25) is 0 Å². The SMILES string of the molecule is CC(Br)C(=S)c1sccc1Br. The molecule has 11 heavy (non-hydrogen) atoms. The fourth-order valence-electron chi connectivity index (χ4n) is 0.650. The Morgan fingerprint density at radius 2 is 2.36 bits per heavy atom. The summed E-state index contributed by atoms with van der Waals surface area (Å²) in [6, 6.07) is 2.02. The minimum atomic E-state index is 0.271. The second kappa shape index (κ2) is 4.12. The van der Waals surface area contributed by atoms with E-state index in [1.54, 1.807) is 11.3 Å². The molecule has 1 aromatic rings. The Morgan fingerprint density at radius 1 is 1.73 bits per heavy atom. The summed E-state index contributed by atoms with van der Waals surface area (Å²) in [6.07, 6.45) is 0. The van der Waals surface area contributed by atoms with Crippen molar-refractivity contribution >= 4 is 60.3 Å². The van der Waals surface area contributed by atoms with Crippen LogP contribution in [-0.2, 0) is 0 Å². The Hall–Kier alpha value is 0.750. The summed E-state index contributed by atoms with van der Waals surface area (Å²) in [5.41, 5.74) is 0. The molecule has 0 amide bonds. The predicted octanol–water partition coefficient (Wildman–Crippen LogP) is 4.01. The van der Waals surface area contributed by atoms with E-state index in [0.29, 0.717) is 0 Å². The van der Waals surface area contributed by atoms with Crippen LogP contribution in [0.15, 0.2) is 15.9 Å². The third-order valence-corrected chi connectivity index (χ3v) is 4.52. The average Bonchev–Trinajstić information content (AvgIpc) is 2.33.